The van der Waals surface area contributed by atoms with Gasteiger partial charge in [-0.05, 0) is 31.2 Å². The van der Waals surface area contributed by atoms with Crippen molar-refractivity contribution in [2.45, 2.75) is 51.0 Å². The molecule has 2 atom stereocenters. The maximum absolute atomic E-state index is 12.2. The number of hydrogen-bond donors (Lipinski definition) is 1. The number of amides is 1. The van der Waals surface area contributed by atoms with E-state index in [-0.39, 0.29) is 17.9 Å². The van der Waals surface area contributed by atoms with Crippen LogP contribution in [0.2, 0.25) is 0 Å². The molecular weight excluding hydrogens is 254 g/mol. The van der Waals surface area contributed by atoms with E-state index < -0.39 is 0 Å². The highest BCUT2D eigenvalue weighted by Crippen LogP contribution is 2.32. The van der Waals surface area contributed by atoms with Crippen LogP contribution in [-0.4, -0.2) is 28.6 Å². The van der Waals surface area contributed by atoms with Gasteiger partial charge in [0.2, 0.25) is 0 Å². The summed E-state index contributed by atoms with van der Waals surface area (Å²) < 4.78 is 5.47. The molecule has 0 bridgehead atoms. The molecule has 2 heterocycles. The maximum atomic E-state index is 12.2. The van der Waals surface area contributed by atoms with Crippen LogP contribution < -0.4 is 5.32 Å². The molecule has 5 heteroatoms. The summed E-state index contributed by atoms with van der Waals surface area (Å²) in [4.78, 5) is 21.0. The molecule has 1 saturated carbocycles. The van der Waals surface area contributed by atoms with E-state index in [0.29, 0.717) is 18.3 Å². The van der Waals surface area contributed by atoms with Crippen LogP contribution in [0.25, 0.3) is 0 Å². The Balaban J connectivity index is 1.67. The van der Waals surface area contributed by atoms with Crippen molar-refractivity contribution in [1.29, 1.82) is 0 Å². The lowest BCUT2D eigenvalue weighted by molar-refractivity contribution is -0.126. The molecule has 1 saturated heterocycles. The number of ether oxygens (including phenoxy) is 1. The fourth-order valence-electron chi connectivity index (χ4n) is 3.05. The lowest BCUT2D eigenvalue weighted by Crippen LogP contribution is -2.31. The van der Waals surface area contributed by atoms with E-state index >= 15 is 0 Å². The van der Waals surface area contributed by atoms with Crippen molar-refractivity contribution in [3.63, 3.8) is 0 Å². The normalized spacial score (nSPS) is 26.9. The molecule has 1 aliphatic carbocycles. The second-order valence-corrected chi connectivity index (χ2v) is 5.83. The van der Waals surface area contributed by atoms with Crippen LogP contribution in [0, 0.1) is 5.92 Å². The zero-order valence-corrected chi connectivity index (χ0v) is 11.8. The van der Waals surface area contributed by atoms with E-state index in [1.807, 2.05) is 6.92 Å². The molecule has 5 nitrogen and oxygen atoms in total. The van der Waals surface area contributed by atoms with Gasteiger partial charge in [-0.25, -0.2) is 9.97 Å². The first-order chi connectivity index (χ1) is 9.74. The molecule has 1 N–H and O–H groups in total. The fourth-order valence-corrected chi connectivity index (χ4v) is 3.05. The van der Waals surface area contributed by atoms with Gasteiger partial charge in [-0.2, -0.15) is 0 Å². The minimum atomic E-state index is -0.347. The van der Waals surface area contributed by atoms with Crippen molar-refractivity contribution in [1.82, 2.24) is 9.97 Å². The quantitative estimate of drug-likeness (QED) is 0.920. The zero-order valence-electron chi connectivity index (χ0n) is 11.8. The lowest BCUT2D eigenvalue weighted by Gasteiger charge is -2.15. The van der Waals surface area contributed by atoms with Crippen molar-refractivity contribution >= 4 is 11.7 Å². The van der Waals surface area contributed by atoms with Gasteiger partial charge in [0.25, 0.3) is 5.91 Å². The molecule has 1 aromatic heterocycles. The van der Waals surface area contributed by atoms with Gasteiger partial charge < -0.3 is 10.1 Å². The van der Waals surface area contributed by atoms with E-state index in [0.717, 1.165) is 25.1 Å². The van der Waals surface area contributed by atoms with E-state index in [1.54, 1.807) is 12.3 Å². The second kappa shape index (κ2) is 5.87. The summed E-state index contributed by atoms with van der Waals surface area (Å²) in [5, 5.41) is 2.86. The smallest absolute Gasteiger partial charge is 0.254 e. The summed E-state index contributed by atoms with van der Waals surface area (Å²) >= 11 is 0. The first kappa shape index (κ1) is 13.5. The number of rotatable bonds is 3. The van der Waals surface area contributed by atoms with E-state index in [9.17, 15) is 4.79 Å². The monoisotopic (exact) mass is 275 g/mol. The highest BCUT2D eigenvalue weighted by Gasteiger charge is 2.31. The number of aromatic nitrogens is 2. The number of nitrogens with zero attached hydrogens (tertiary/aromatic N) is 2. The summed E-state index contributed by atoms with van der Waals surface area (Å²) in [5.74, 6) is 2.08. The Hall–Kier alpha value is -1.49. The molecule has 1 aliphatic heterocycles. The minimum Gasteiger partial charge on any atom is -0.368 e. The average molecular weight is 275 g/mol. The molecule has 0 unspecified atom stereocenters. The van der Waals surface area contributed by atoms with E-state index in [1.165, 1.54) is 12.8 Å². The van der Waals surface area contributed by atoms with Crippen LogP contribution in [0.15, 0.2) is 12.3 Å². The SMILES string of the molecule is C[C@@H]1CCO[C@@H]1C(=O)Nc1ccnc(C2CCCC2)n1. The molecular formula is C15H21N3O2. The Morgan fingerprint density at radius 1 is 1.35 bits per heavy atom. The van der Waals surface area contributed by atoms with E-state index in [2.05, 4.69) is 15.3 Å². The van der Waals surface area contributed by atoms with Crippen molar-refractivity contribution in [2.75, 3.05) is 11.9 Å². The van der Waals surface area contributed by atoms with Gasteiger partial charge >= 0.3 is 0 Å². The van der Waals surface area contributed by atoms with Crippen LogP contribution in [-0.2, 0) is 9.53 Å². The summed E-state index contributed by atoms with van der Waals surface area (Å²) in [6.07, 6.45) is 7.13. The highest BCUT2D eigenvalue weighted by molar-refractivity contribution is 5.93. The second-order valence-electron chi connectivity index (χ2n) is 5.83. The number of carbonyl (C=O) groups is 1. The van der Waals surface area contributed by atoms with Gasteiger partial charge in [0.05, 0.1) is 0 Å². The van der Waals surface area contributed by atoms with Gasteiger partial charge in [0.1, 0.15) is 17.7 Å². The zero-order chi connectivity index (χ0) is 13.9. The van der Waals surface area contributed by atoms with Crippen LogP contribution >= 0.6 is 0 Å². The molecule has 3 rings (SSSR count). The molecule has 0 aromatic carbocycles. The van der Waals surface area contributed by atoms with Crippen molar-refractivity contribution < 1.29 is 9.53 Å². The third-order valence-corrected chi connectivity index (χ3v) is 4.29. The molecule has 1 aromatic rings. The fraction of sp³-hybridized carbons (Fsp3) is 0.667. The first-order valence-electron chi connectivity index (χ1n) is 7.49. The molecule has 2 aliphatic rings. The minimum absolute atomic E-state index is 0.0916. The van der Waals surface area contributed by atoms with Crippen LogP contribution in [0.4, 0.5) is 5.82 Å². The highest BCUT2D eigenvalue weighted by atomic mass is 16.5. The van der Waals surface area contributed by atoms with Crippen LogP contribution in [0.1, 0.15) is 50.8 Å². The average Bonchev–Trinajstić information content (AvgIpc) is 3.09. The molecule has 2 fully saturated rings. The van der Waals surface area contributed by atoms with Gasteiger partial charge in [-0.15, -0.1) is 0 Å². The summed E-state index contributed by atoms with van der Waals surface area (Å²) in [6.45, 7) is 2.71. The Morgan fingerprint density at radius 2 is 2.15 bits per heavy atom. The van der Waals surface area contributed by atoms with Crippen LogP contribution in [0.3, 0.4) is 0 Å². The van der Waals surface area contributed by atoms with Crippen molar-refractivity contribution in [3.8, 4) is 0 Å². The van der Waals surface area contributed by atoms with Crippen molar-refractivity contribution in [2.24, 2.45) is 5.92 Å². The largest absolute Gasteiger partial charge is 0.368 e. The number of carbonyl (C=O) groups excluding carboxylic acids is 1. The summed E-state index contributed by atoms with van der Waals surface area (Å²) in [6, 6.07) is 1.75. The van der Waals surface area contributed by atoms with Gasteiger partial charge in [-0.1, -0.05) is 19.8 Å². The Kier molecular flexibility index (Phi) is 3.96. The van der Waals surface area contributed by atoms with Crippen molar-refractivity contribution in [3.05, 3.63) is 18.1 Å². The third-order valence-electron chi connectivity index (χ3n) is 4.29. The van der Waals surface area contributed by atoms with E-state index in [4.69, 9.17) is 4.74 Å². The molecule has 0 radical (unpaired) electrons. The Morgan fingerprint density at radius 3 is 2.85 bits per heavy atom. The number of hydrogen-bond acceptors (Lipinski definition) is 4. The predicted octanol–water partition coefficient (Wildman–Crippen LogP) is 2.50. The molecule has 0 spiro atoms. The first-order valence-corrected chi connectivity index (χ1v) is 7.49. The molecule has 1 amide bonds. The maximum Gasteiger partial charge on any atom is 0.254 e. The standard InChI is InChI=1S/C15H21N3O2/c1-10-7-9-20-13(10)15(19)18-12-6-8-16-14(17-12)11-4-2-3-5-11/h6,8,10-11,13H,2-5,7,9H2,1H3,(H,16,17,18,19)/t10-,13+/m1/s1. The number of nitrogens with one attached hydrogen (secondary N) is 1. The Labute approximate surface area is 119 Å². The van der Waals surface area contributed by atoms with Gasteiger partial charge in [0.15, 0.2) is 0 Å². The van der Waals surface area contributed by atoms with Gasteiger partial charge in [0, 0.05) is 18.7 Å². The lowest BCUT2D eigenvalue weighted by atomic mass is 10.0. The molecule has 108 valence electrons. The predicted molar refractivity (Wildman–Crippen MR) is 75.4 cm³/mol. The Bertz CT molecular complexity index is 486. The topological polar surface area (TPSA) is 64.1 Å². The van der Waals surface area contributed by atoms with Crippen LogP contribution in [0.5, 0.6) is 0 Å². The number of anilines is 1. The third kappa shape index (κ3) is 2.82. The summed E-state index contributed by atoms with van der Waals surface area (Å²) in [5.41, 5.74) is 0. The van der Waals surface area contributed by atoms with Gasteiger partial charge in [-0.3, -0.25) is 4.79 Å². The summed E-state index contributed by atoms with van der Waals surface area (Å²) in [7, 11) is 0. The molecule has 20 heavy (non-hydrogen) atoms.